The van der Waals surface area contributed by atoms with Gasteiger partial charge >= 0.3 is 0 Å². The molecule has 0 amide bonds. The third-order valence-electron chi connectivity index (χ3n) is 3.76. The van der Waals surface area contributed by atoms with E-state index >= 15 is 0 Å². The third kappa shape index (κ3) is 3.86. The van der Waals surface area contributed by atoms with E-state index < -0.39 is 0 Å². The number of aromatic nitrogens is 3. The van der Waals surface area contributed by atoms with Crippen LogP contribution in [0.4, 0.5) is 0 Å². The molecule has 0 spiro atoms. The zero-order valence-electron chi connectivity index (χ0n) is 12.2. The van der Waals surface area contributed by atoms with Crippen molar-refractivity contribution in [2.24, 2.45) is 5.73 Å². The number of aryl methyl sites for hydroxylation is 1. The van der Waals surface area contributed by atoms with Gasteiger partial charge in [0.1, 0.15) is 5.82 Å². The first-order chi connectivity index (χ1) is 10.4. The predicted octanol–water partition coefficient (Wildman–Crippen LogP) is 3.19. The summed E-state index contributed by atoms with van der Waals surface area (Å²) < 4.78 is 2.25. The normalized spacial score (nSPS) is 14.5. The van der Waals surface area contributed by atoms with Crippen LogP contribution in [-0.4, -0.2) is 20.5 Å². The van der Waals surface area contributed by atoms with E-state index in [1.807, 2.05) is 11.8 Å². The number of hydrogen-bond acceptors (Lipinski definition) is 4. The molecule has 1 aromatic carbocycles. The van der Waals surface area contributed by atoms with Gasteiger partial charge in [-0.25, -0.2) is 0 Å². The standard InChI is InChI=1S/C16H22N4S/c17-12-15-18-19-16(20(15)14-9-10-14)21-11-5-4-8-13-6-2-1-3-7-13/h1-3,6-7,14H,4-5,8-12,17H2. The molecular weight excluding hydrogens is 280 g/mol. The maximum atomic E-state index is 5.74. The number of unbranched alkanes of at least 4 members (excludes halogenated alkanes) is 1. The van der Waals surface area contributed by atoms with E-state index in [1.54, 1.807) is 0 Å². The Bertz CT molecular complexity index is 563. The van der Waals surface area contributed by atoms with Crippen molar-refractivity contribution in [3.8, 4) is 0 Å². The second kappa shape index (κ2) is 7.09. The van der Waals surface area contributed by atoms with Crippen molar-refractivity contribution in [3.63, 3.8) is 0 Å². The topological polar surface area (TPSA) is 56.7 Å². The quantitative estimate of drug-likeness (QED) is 0.601. The van der Waals surface area contributed by atoms with Crippen LogP contribution in [0.2, 0.25) is 0 Å². The zero-order chi connectivity index (χ0) is 14.5. The minimum absolute atomic E-state index is 0.484. The molecule has 4 nitrogen and oxygen atoms in total. The molecule has 1 heterocycles. The van der Waals surface area contributed by atoms with Crippen LogP contribution < -0.4 is 5.73 Å². The van der Waals surface area contributed by atoms with Gasteiger partial charge in [-0.2, -0.15) is 0 Å². The number of benzene rings is 1. The Labute approximate surface area is 130 Å². The molecule has 1 fully saturated rings. The Kier molecular flexibility index (Phi) is 4.93. The number of rotatable bonds is 8. The zero-order valence-corrected chi connectivity index (χ0v) is 13.1. The van der Waals surface area contributed by atoms with Gasteiger partial charge in [0.05, 0.1) is 6.54 Å². The van der Waals surface area contributed by atoms with Crippen molar-refractivity contribution >= 4 is 11.8 Å². The highest BCUT2D eigenvalue weighted by molar-refractivity contribution is 7.99. The average molecular weight is 302 g/mol. The van der Waals surface area contributed by atoms with Crippen LogP contribution in [0, 0.1) is 0 Å². The van der Waals surface area contributed by atoms with Gasteiger partial charge in [0.15, 0.2) is 5.16 Å². The van der Waals surface area contributed by atoms with Gasteiger partial charge in [0.25, 0.3) is 0 Å². The van der Waals surface area contributed by atoms with Gasteiger partial charge in [-0.05, 0) is 37.7 Å². The number of hydrogen-bond donors (Lipinski definition) is 1. The maximum absolute atomic E-state index is 5.74. The van der Waals surface area contributed by atoms with Crippen molar-refractivity contribution in [3.05, 3.63) is 41.7 Å². The number of nitrogens with zero attached hydrogens (tertiary/aromatic N) is 3. The summed E-state index contributed by atoms with van der Waals surface area (Å²) in [6.45, 7) is 0.484. The molecule has 21 heavy (non-hydrogen) atoms. The lowest BCUT2D eigenvalue weighted by atomic mass is 10.1. The minimum atomic E-state index is 0.484. The van der Waals surface area contributed by atoms with Crippen molar-refractivity contribution in [1.82, 2.24) is 14.8 Å². The highest BCUT2D eigenvalue weighted by Gasteiger charge is 2.28. The fraction of sp³-hybridized carbons (Fsp3) is 0.500. The van der Waals surface area contributed by atoms with Crippen LogP contribution in [0.25, 0.3) is 0 Å². The van der Waals surface area contributed by atoms with Gasteiger partial charge in [-0.1, -0.05) is 42.1 Å². The minimum Gasteiger partial charge on any atom is -0.324 e. The van der Waals surface area contributed by atoms with E-state index in [4.69, 9.17) is 5.73 Å². The first kappa shape index (κ1) is 14.6. The predicted molar refractivity (Wildman–Crippen MR) is 86.3 cm³/mol. The molecule has 2 aromatic rings. The van der Waals surface area contributed by atoms with E-state index in [1.165, 1.54) is 31.2 Å². The Morgan fingerprint density at radius 3 is 2.67 bits per heavy atom. The lowest BCUT2D eigenvalue weighted by Crippen LogP contribution is -2.08. The summed E-state index contributed by atoms with van der Waals surface area (Å²) in [6.07, 6.45) is 6.07. The summed E-state index contributed by atoms with van der Waals surface area (Å²) in [4.78, 5) is 0. The van der Waals surface area contributed by atoms with Crippen LogP contribution in [0.5, 0.6) is 0 Å². The third-order valence-corrected chi connectivity index (χ3v) is 4.79. The van der Waals surface area contributed by atoms with E-state index in [2.05, 4.69) is 45.1 Å². The maximum Gasteiger partial charge on any atom is 0.191 e. The molecule has 1 aliphatic rings. The van der Waals surface area contributed by atoms with Crippen LogP contribution >= 0.6 is 11.8 Å². The first-order valence-corrected chi connectivity index (χ1v) is 8.67. The Hall–Kier alpha value is -1.33. The summed E-state index contributed by atoms with van der Waals surface area (Å²) in [5.41, 5.74) is 7.16. The highest BCUT2D eigenvalue weighted by Crippen LogP contribution is 2.38. The fourth-order valence-corrected chi connectivity index (χ4v) is 3.51. The SMILES string of the molecule is NCc1nnc(SCCCCc2ccccc2)n1C1CC1. The lowest BCUT2D eigenvalue weighted by Gasteiger charge is -2.07. The van der Waals surface area contributed by atoms with Crippen LogP contribution in [0.1, 0.15) is 43.1 Å². The highest BCUT2D eigenvalue weighted by atomic mass is 32.2. The smallest absolute Gasteiger partial charge is 0.191 e. The summed E-state index contributed by atoms with van der Waals surface area (Å²) in [6, 6.07) is 11.3. The van der Waals surface area contributed by atoms with Crippen molar-refractivity contribution in [1.29, 1.82) is 0 Å². The summed E-state index contributed by atoms with van der Waals surface area (Å²) in [7, 11) is 0. The molecule has 0 bridgehead atoms. The second-order valence-corrected chi connectivity index (χ2v) is 6.56. The molecule has 0 saturated heterocycles. The molecule has 2 N–H and O–H groups in total. The molecule has 1 saturated carbocycles. The molecular formula is C16H22N4S. The van der Waals surface area contributed by atoms with Gasteiger partial charge in [-0.3, -0.25) is 0 Å². The van der Waals surface area contributed by atoms with Crippen molar-refractivity contribution in [2.75, 3.05) is 5.75 Å². The molecule has 1 aliphatic carbocycles. The van der Waals surface area contributed by atoms with E-state index in [9.17, 15) is 0 Å². The first-order valence-electron chi connectivity index (χ1n) is 7.69. The van der Waals surface area contributed by atoms with Gasteiger partial charge < -0.3 is 10.3 Å². The molecule has 0 radical (unpaired) electrons. The van der Waals surface area contributed by atoms with Gasteiger partial charge in [0.2, 0.25) is 0 Å². The van der Waals surface area contributed by atoms with Gasteiger partial charge in [0, 0.05) is 11.8 Å². The van der Waals surface area contributed by atoms with Crippen LogP contribution in [-0.2, 0) is 13.0 Å². The molecule has 3 rings (SSSR count). The fourth-order valence-electron chi connectivity index (χ4n) is 2.48. The summed E-state index contributed by atoms with van der Waals surface area (Å²) in [5.74, 6) is 2.03. The van der Waals surface area contributed by atoms with Crippen molar-refractivity contribution in [2.45, 2.75) is 49.8 Å². The largest absolute Gasteiger partial charge is 0.324 e. The average Bonchev–Trinajstić information content (AvgIpc) is 3.28. The molecule has 0 atom stereocenters. The summed E-state index contributed by atoms with van der Waals surface area (Å²) in [5, 5.41) is 9.56. The van der Waals surface area contributed by atoms with Gasteiger partial charge in [-0.15, -0.1) is 10.2 Å². The molecule has 1 aromatic heterocycles. The van der Waals surface area contributed by atoms with Crippen LogP contribution in [0.3, 0.4) is 0 Å². The van der Waals surface area contributed by atoms with E-state index in [-0.39, 0.29) is 0 Å². The Morgan fingerprint density at radius 1 is 1.14 bits per heavy atom. The molecule has 5 heteroatoms. The molecule has 0 aliphatic heterocycles. The van der Waals surface area contributed by atoms with E-state index in [0.717, 1.165) is 23.2 Å². The molecule has 112 valence electrons. The van der Waals surface area contributed by atoms with Crippen LogP contribution in [0.15, 0.2) is 35.5 Å². The number of thioether (sulfide) groups is 1. The van der Waals surface area contributed by atoms with E-state index in [0.29, 0.717) is 12.6 Å². The van der Waals surface area contributed by atoms with Crippen molar-refractivity contribution < 1.29 is 0 Å². The second-order valence-electron chi connectivity index (χ2n) is 5.50. The summed E-state index contributed by atoms with van der Waals surface area (Å²) >= 11 is 1.82. The lowest BCUT2D eigenvalue weighted by molar-refractivity contribution is 0.626. The Balaban J connectivity index is 1.44. The molecule has 0 unspecified atom stereocenters. The monoisotopic (exact) mass is 302 g/mol. The number of nitrogens with two attached hydrogens (primary N) is 1. The Morgan fingerprint density at radius 2 is 1.95 bits per heavy atom.